The number of hydrazine groups is 1. The van der Waals surface area contributed by atoms with Gasteiger partial charge in [-0.1, -0.05) is 65.8 Å². The van der Waals surface area contributed by atoms with Gasteiger partial charge in [0.1, 0.15) is 5.82 Å². The molecule has 1 aromatic heterocycles. The molecular formula is C24H19ClFN5O2S. The number of halogens is 2. The predicted octanol–water partition coefficient (Wildman–Crippen LogP) is 4.34. The molecule has 4 rings (SSSR count). The number of hydrogen-bond donors (Lipinski definition) is 2. The van der Waals surface area contributed by atoms with E-state index in [0.29, 0.717) is 22.5 Å². The van der Waals surface area contributed by atoms with Gasteiger partial charge in [-0.2, -0.15) is 0 Å². The average Bonchev–Trinajstić information content (AvgIpc) is 3.24. The third kappa shape index (κ3) is 5.81. The Morgan fingerprint density at radius 3 is 2.35 bits per heavy atom. The molecule has 0 atom stereocenters. The van der Waals surface area contributed by atoms with Gasteiger partial charge in [-0.3, -0.25) is 25.0 Å². The Balaban J connectivity index is 1.45. The monoisotopic (exact) mass is 495 g/mol. The van der Waals surface area contributed by atoms with Crippen molar-refractivity contribution in [3.05, 3.63) is 101 Å². The molecule has 3 aromatic carbocycles. The van der Waals surface area contributed by atoms with E-state index < -0.39 is 17.6 Å². The van der Waals surface area contributed by atoms with Gasteiger partial charge in [0.2, 0.25) is 5.91 Å². The lowest BCUT2D eigenvalue weighted by Gasteiger charge is -2.11. The van der Waals surface area contributed by atoms with Crippen molar-refractivity contribution >= 4 is 35.2 Å². The standard InChI is InChI=1S/C24H19ClFN5O2S/c25-20-9-5-4-8-19(20)22-28-30-24(31(22)14-16-6-2-1-3-7-16)34-15-21(32)27-29-23(33)17-10-12-18(26)13-11-17/h1-13H,14-15H2,(H,27,32)(H,29,33). The number of carbonyl (C=O) groups excluding carboxylic acids is 2. The van der Waals surface area contributed by atoms with Crippen molar-refractivity contribution in [1.82, 2.24) is 25.6 Å². The molecule has 0 spiro atoms. The molecule has 0 fully saturated rings. The lowest BCUT2D eigenvalue weighted by molar-refractivity contribution is -0.119. The van der Waals surface area contributed by atoms with Gasteiger partial charge in [-0.15, -0.1) is 10.2 Å². The molecule has 1 heterocycles. The zero-order valence-electron chi connectivity index (χ0n) is 17.7. The summed E-state index contributed by atoms with van der Waals surface area (Å²) in [6, 6.07) is 22.1. The zero-order valence-corrected chi connectivity index (χ0v) is 19.3. The van der Waals surface area contributed by atoms with Crippen LogP contribution in [0.3, 0.4) is 0 Å². The fourth-order valence-electron chi connectivity index (χ4n) is 3.11. The molecule has 4 aromatic rings. The van der Waals surface area contributed by atoms with Crippen LogP contribution in [0.2, 0.25) is 5.02 Å². The lowest BCUT2D eigenvalue weighted by Crippen LogP contribution is -2.42. The summed E-state index contributed by atoms with van der Waals surface area (Å²) >= 11 is 7.57. The van der Waals surface area contributed by atoms with Gasteiger partial charge in [-0.05, 0) is 42.0 Å². The number of hydrogen-bond acceptors (Lipinski definition) is 5. The first-order chi connectivity index (χ1) is 16.5. The lowest BCUT2D eigenvalue weighted by atomic mass is 10.2. The van der Waals surface area contributed by atoms with Crippen molar-refractivity contribution in [2.24, 2.45) is 0 Å². The molecule has 0 aliphatic heterocycles. The second-order valence-electron chi connectivity index (χ2n) is 7.16. The number of rotatable bonds is 7. The van der Waals surface area contributed by atoms with Crippen molar-refractivity contribution in [3.63, 3.8) is 0 Å². The second kappa shape index (κ2) is 11.0. The van der Waals surface area contributed by atoms with Crippen LogP contribution in [0.1, 0.15) is 15.9 Å². The molecule has 0 unspecified atom stereocenters. The zero-order chi connectivity index (χ0) is 23.9. The highest BCUT2D eigenvalue weighted by Gasteiger charge is 2.18. The third-order valence-electron chi connectivity index (χ3n) is 4.77. The Bertz CT molecular complexity index is 1300. The highest BCUT2D eigenvalue weighted by atomic mass is 35.5. The normalized spacial score (nSPS) is 10.6. The highest BCUT2D eigenvalue weighted by Crippen LogP contribution is 2.29. The van der Waals surface area contributed by atoms with E-state index in [1.807, 2.05) is 53.1 Å². The molecule has 0 radical (unpaired) electrons. The number of nitrogens with zero attached hydrogens (tertiary/aromatic N) is 3. The number of aromatic nitrogens is 3. The van der Waals surface area contributed by atoms with Crippen LogP contribution in [-0.2, 0) is 11.3 Å². The van der Waals surface area contributed by atoms with Crippen LogP contribution in [0.25, 0.3) is 11.4 Å². The van der Waals surface area contributed by atoms with Crippen LogP contribution in [0.4, 0.5) is 4.39 Å². The average molecular weight is 496 g/mol. The van der Waals surface area contributed by atoms with E-state index in [4.69, 9.17) is 11.6 Å². The van der Waals surface area contributed by atoms with Gasteiger partial charge in [-0.25, -0.2) is 4.39 Å². The first-order valence-electron chi connectivity index (χ1n) is 10.2. The van der Waals surface area contributed by atoms with E-state index in [-0.39, 0.29) is 11.3 Å². The van der Waals surface area contributed by atoms with E-state index in [1.54, 1.807) is 6.07 Å². The van der Waals surface area contributed by atoms with E-state index in [9.17, 15) is 14.0 Å². The van der Waals surface area contributed by atoms with Gasteiger partial charge in [0.05, 0.1) is 17.3 Å². The summed E-state index contributed by atoms with van der Waals surface area (Å²) in [5.74, 6) is -0.866. The molecular weight excluding hydrogens is 477 g/mol. The van der Waals surface area contributed by atoms with Crippen LogP contribution < -0.4 is 10.9 Å². The SMILES string of the molecule is O=C(CSc1nnc(-c2ccccc2Cl)n1Cc1ccccc1)NNC(=O)c1ccc(F)cc1. The van der Waals surface area contributed by atoms with Gasteiger partial charge in [0, 0.05) is 11.1 Å². The maximum Gasteiger partial charge on any atom is 0.269 e. The summed E-state index contributed by atoms with van der Waals surface area (Å²) in [5, 5.41) is 9.66. The minimum Gasteiger partial charge on any atom is -0.297 e. The van der Waals surface area contributed by atoms with E-state index >= 15 is 0 Å². The van der Waals surface area contributed by atoms with Crippen LogP contribution in [0.5, 0.6) is 0 Å². The minimum absolute atomic E-state index is 0.0147. The Morgan fingerprint density at radius 1 is 0.912 bits per heavy atom. The first kappa shape index (κ1) is 23.5. The van der Waals surface area contributed by atoms with E-state index in [2.05, 4.69) is 21.0 Å². The summed E-state index contributed by atoms with van der Waals surface area (Å²) in [6.07, 6.45) is 0. The van der Waals surface area contributed by atoms with Gasteiger partial charge in [0.25, 0.3) is 5.91 Å². The number of amides is 2. The maximum absolute atomic E-state index is 13.0. The van der Waals surface area contributed by atoms with Gasteiger partial charge < -0.3 is 0 Å². The van der Waals surface area contributed by atoms with Crippen LogP contribution in [-0.4, -0.2) is 32.3 Å². The first-order valence-corrected chi connectivity index (χ1v) is 11.6. The molecule has 172 valence electrons. The number of nitrogens with one attached hydrogen (secondary N) is 2. The van der Waals surface area contributed by atoms with E-state index in [0.717, 1.165) is 11.1 Å². The number of benzene rings is 3. The summed E-state index contributed by atoms with van der Waals surface area (Å²) in [6.45, 7) is 0.486. The van der Waals surface area contributed by atoms with Crippen molar-refractivity contribution < 1.29 is 14.0 Å². The summed E-state index contributed by atoms with van der Waals surface area (Å²) in [5.41, 5.74) is 6.65. The quantitative estimate of drug-likeness (QED) is 0.294. The topological polar surface area (TPSA) is 88.9 Å². The fourth-order valence-corrected chi connectivity index (χ4v) is 4.07. The third-order valence-corrected chi connectivity index (χ3v) is 6.07. The van der Waals surface area contributed by atoms with Crippen molar-refractivity contribution in [3.8, 4) is 11.4 Å². The molecule has 0 aliphatic rings. The summed E-state index contributed by atoms with van der Waals surface area (Å²) in [4.78, 5) is 24.4. The molecule has 10 heteroatoms. The van der Waals surface area contributed by atoms with Crippen molar-refractivity contribution in [2.75, 3.05) is 5.75 Å². The van der Waals surface area contributed by atoms with Gasteiger partial charge >= 0.3 is 0 Å². The number of thioether (sulfide) groups is 1. The minimum atomic E-state index is -0.549. The molecule has 34 heavy (non-hydrogen) atoms. The Hall–Kier alpha value is -3.69. The fraction of sp³-hybridized carbons (Fsp3) is 0.0833. The highest BCUT2D eigenvalue weighted by molar-refractivity contribution is 7.99. The molecule has 7 nitrogen and oxygen atoms in total. The molecule has 2 N–H and O–H groups in total. The summed E-state index contributed by atoms with van der Waals surface area (Å²) < 4.78 is 14.9. The molecule has 0 bridgehead atoms. The molecule has 0 saturated carbocycles. The van der Waals surface area contributed by atoms with Gasteiger partial charge in [0.15, 0.2) is 11.0 Å². The maximum atomic E-state index is 13.0. The Kier molecular flexibility index (Phi) is 7.56. The van der Waals surface area contributed by atoms with Crippen LogP contribution in [0.15, 0.2) is 84.0 Å². The molecule has 0 saturated heterocycles. The predicted molar refractivity (Wildman–Crippen MR) is 129 cm³/mol. The summed E-state index contributed by atoms with van der Waals surface area (Å²) in [7, 11) is 0. The van der Waals surface area contributed by atoms with Crippen molar-refractivity contribution in [2.45, 2.75) is 11.7 Å². The Morgan fingerprint density at radius 2 is 1.62 bits per heavy atom. The van der Waals surface area contributed by atoms with Crippen LogP contribution >= 0.6 is 23.4 Å². The molecule has 2 amide bonds. The van der Waals surface area contributed by atoms with Crippen LogP contribution in [0, 0.1) is 5.82 Å². The smallest absolute Gasteiger partial charge is 0.269 e. The Labute approximate surface area is 204 Å². The second-order valence-corrected chi connectivity index (χ2v) is 8.51. The largest absolute Gasteiger partial charge is 0.297 e. The van der Waals surface area contributed by atoms with E-state index in [1.165, 1.54) is 36.0 Å². The molecule has 0 aliphatic carbocycles. The van der Waals surface area contributed by atoms with Crippen molar-refractivity contribution in [1.29, 1.82) is 0 Å². The number of carbonyl (C=O) groups is 2.